The van der Waals surface area contributed by atoms with Crippen LogP contribution >= 0.6 is 0 Å². The highest BCUT2D eigenvalue weighted by Gasteiger charge is 2.03. The van der Waals surface area contributed by atoms with Gasteiger partial charge in [-0.15, -0.1) is 0 Å². The van der Waals surface area contributed by atoms with Gasteiger partial charge in [-0.2, -0.15) is 0 Å². The van der Waals surface area contributed by atoms with Crippen molar-refractivity contribution in [1.29, 1.82) is 0 Å². The van der Waals surface area contributed by atoms with E-state index < -0.39 is 0 Å². The fourth-order valence-electron chi connectivity index (χ4n) is 1.77. The number of unbranched alkanes of at least 4 members (excludes halogenated alkanes) is 2. The molecule has 20 heavy (non-hydrogen) atoms. The van der Waals surface area contributed by atoms with Crippen molar-refractivity contribution in [2.45, 2.75) is 32.6 Å². The Morgan fingerprint density at radius 1 is 1.25 bits per heavy atom. The van der Waals surface area contributed by atoms with Crippen molar-refractivity contribution in [3.05, 3.63) is 18.2 Å². The number of nitrogens with two attached hydrogens (primary N) is 1. The van der Waals surface area contributed by atoms with Crippen LogP contribution in [0.3, 0.4) is 0 Å². The third-order valence-corrected chi connectivity index (χ3v) is 2.80. The van der Waals surface area contributed by atoms with Gasteiger partial charge in [0, 0.05) is 12.5 Å². The molecule has 0 aromatic heterocycles. The van der Waals surface area contributed by atoms with Crippen LogP contribution in [0.4, 0.5) is 5.69 Å². The van der Waals surface area contributed by atoms with Gasteiger partial charge in [-0.25, -0.2) is 0 Å². The maximum Gasteiger partial charge on any atom is 0.305 e. The summed E-state index contributed by atoms with van der Waals surface area (Å²) in [6.07, 6.45) is 3.13. The fraction of sp³-hybridized carbons (Fsp3) is 0.533. The number of rotatable bonds is 9. The van der Waals surface area contributed by atoms with Crippen molar-refractivity contribution < 1.29 is 19.0 Å². The van der Waals surface area contributed by atoms with Crippen LogP contribution in [0.5, 0.6) is 11.5 Å². The summed E-state index contributed by atoms with van der Waals surface area (Å²) in [5.74, 6) is 1.25. The summed E-state index contributed by atoms with van der Waals surface area (Å²) < 4.78 is 15.5. The van der Waals surface area contributed by atoms with Crippen LogP contribution in [0.1, 0.15) is 32.6 Å². The van der Waals surface area contributed by atoms with Gasteiger partial charge in [0.2, 0.25) is 0 Å². The number of anilines is 1. The topological polar surface area (TPSA) is 70.8 Å². The molecule has 2 N–H and O–H groups in total. The number of carbonyl (C=O) groups excluding carboxylic acids is 1. The molecule has 0 aliphatic heterocycles. The molecular weight excluding hydrogens is 258 g/mol. The van der Waals surface area contributed by atoms with Gasteiger partial charge in [0.1, 0.15) is 11.5 Å². The van der Waals surface area contributed by atoms with E-state index in [1.165, 1.54) is 0 Å². The molecule has 0 heterocycles. The summed E-state index contributed by atoms with van der Waals surface area (Å²) >= 11 is 0. The van der Waals surface area contributed by atoms with Crippen molar-refractivity contribution in [1.82, 2.24) is 0 Å². The first-order valence-electron chi connectivity index (χ1n) is 6.89. The maximum absolute atomic E-state index is 11.1. The van der Waals surface area contributed by atoms with E-state index in [0.717, 1.165) is 25.0 Å². The highest BCUT2D eigenvalue weighted by Crippen LogP contribution is 2.26. The molecule has 1 rings (SSSR count). The molecule has 0 fully saturated rings. The van der Waals surface area contributed by atoms with E-state index in [2.05, 4.69) is 0 Å². The van der Waals surface area contributed by atoms with Crippen LogP contribution in [0.15, 0.2) is 18.2 Å². The molecule has 112 valence electrons. The maximum atomic E-state index is 11.1. The van der Waals surface area contributed by atoms with Gasteiger partial charge < -0.3 is 19.9 Å². The molecule has 5 heteroatoms. The van der Waals surface area contributed by atoms with E-state index in [0.29, 0.717) is 31.1 Å². The Balaban J connectivity index is 2.15. The number of benzene rings is 1. The third kappa shape index (κ3) is 5.82. The average Bonchev–Trinajstić information content (AvgIpc) is 2.43. The van der Waals surface area contributed by atoms with Crippen LogP contribution in [0.2, 0.25) is 0 Å². The van der Waals surface area contributed by atoms with Crippen molar-refractivity contribution in [3.63, 3.8) is 0 Å². The minimum absolute atomic E-state index is 0.128. The number of carbonyl (C=O) groups is 1. The number of esters is 1. The molecule has 1 aromatic rings. The lowest BCUT2D eigenvalue weighted by Crippen LogP contribution is -2.04. The minimum atomic E-state index is -0.128. The molecule has 0 radical (unpaired) electrons. The number of hydrogen-bond donors (Lipinski definition) is 1. The van der Waals surface area contributed by atoms with E-state index in [1.54, 1.807) is 19.2 Å². The monoisotopic (exact) mass is 281 g/mol. The quantitative estimate of drug-likeness (QED) is 0.428. The van der Waals surface area contributed by atoms with Gasteiger partial charge in [-0.05, 0) is 38.3 Å². The average molecular weight is 281 g/mol. The van der Waals surface area contributed by atoms with Crippen LogP contribution in [0, 0.1) is 0 Å². The molecule has 0 atom stereocenters. The van der Waals surface area contributed by atoms with E-state index >= 15 is 0 Å². The first-order chi connectivity index (χ1) is 9.67. The predicted molar refractivity (Wildman–Crippen MR) is 78.0 cm³/mol. The number of methoxy groups -OCH3 is 1. The van der Waals surface area contributed by atoms with Crippen LogP contribution < -0.4 is 15.2 Å². The molecule has 5 nitrogen and oxygen atoms in total. The standard InChI is InChI=1S/C15H23NO4/c1-3-19-15(17)7-5-4-6-10-20-12-8-9-14(18-2)13(16)11-12/h8-9,11H,3-7,10,16H2,1-2H3. The molecule has 0 spiro atoms. The predicted octanol–water partition coefficient (Wildman–Crippen LogP) is 2.78. The first-order valence-corrected chi connectivity index (χ1v) is 6.89. The second kappa shape index (κ2) is 9.07. The summed E-state index contributed by atoms with van der Waals surface area (Å²) in [4.78, 5) is 11.1. The van der Waals surface area contributed by atoms with Gasteiger partial charge in [0.05, 0.1) is 26.0 Å². The molecule has 0 aliphatic rings. The van der Waals surface area contributed by atoms with Crippen molar-refractivity contribution in [2.24, 2.45) is 0 Å². The number of ether oxygens (including phenoxy) is 3. The Labute approximate surface area is 120 Å². The second-order valence-electron chi connectivity index (χ2n) is 4.37. The Hall–Kier alpha value is -1.91. The molecule has 0 amide bonds. The highest BCUT2D eigenvalue weighted by molar-refractivity contribution is 5.69. The SMILES string of the molecule is CCOC(=O)CCCCCOc1ccc(OC)c(N)c1. The smallest absolute Gasteiger partial charge is 0.305 e. The van der Waals surface area contributed by atoms with Crippen molar-refractivity contribution in [3.8, 4) is 11.5 Å². The van der Waals surface area contributed by atoms with Crippen LogP contribution in [0.25, 0.3) is 0 Å². The highest BCUT2D eigenvalue weighted by atomic mass is 16.5. The molecule has 0 aliphatic carbocycles. The Bertz CT molecular complexity index is 420. The molecular formula is C15H23NO4. The Morgan fingerprint density at radius 3 is 2.70 bits per heavy atom. The zero-order chi connectivity index (χ0) is 14.8. The molecule has 0 bridgehead atoms. The van der Waals surface area contributed by atoms with E-state index in [4.69, 9.17) is 19.9 Å². The van der Waals surface area contributed by atoms with Gasteiger partial charge in [0.15, 0.2) is 0 Å². The van der Waals surface area contributed by atoms with E-state index in [1.807, 2.05) is 13.0 Å². The zero-order valence-corrected chi connectivity index (χ0v) is 12.2. The summed E-state index contributed by atoms with van der Waals surface area (Å²) in [5, 5.41) is 0. The fourth-order valence-corrected chi connectivity index (χ4v) is 1.77. The molecule has 1 aromatic carbocycles. The van der Waals surface area contributed by atoms with Gasteiger partial charge in [-0.1, -0.05) is 0 Å². The summed E-state index contributed by atoms with van der Waals surface area (Å²) in [7, 11) is 1.58. The normalized spacial score (nSPS) is 10.1. The summed E-state index contributed by atoms with van der Waals surface area (Å²) in [6.45, 7) is 2.86. The molecule has 0 saturated carbocycles. The first kappa shape index (κ1) is 16.1. The number of nitrogen functional groups attached to an aromatic ring is 1. The zero-order valence-electron chi connectivity index (χ0n) is 12.2. The van der Waals surface area contributed by atoms with Gasteiger partial charge >= 0.3 is 5.97 Å². The summed E-state index contributed by atoms with van der Waals surface area (Å²) in [6, 6.07) is 5.36. The van der Waals surface area contributed by atoms with Crippen molar-refractivity contribution >= 4 is 11.7 Å². The van der Waals surface area contributed by atoms with Crippen LogP contribution in [-0.2, 0) is 9.53 Å². The largest absolute Gasteiger partial charge is 0.495 e. The second-order valence-corrected chi connectivity index (χ2v) is 4.37. The number of hydrogen-bond acceptors (Lipinski definition) is 5. The lowest BCUT2D eigenvalue weighted by molar-refractivity contribution is -0.143. The minimum Gasteiger partial charge on any atom is -0.495 e. The summed E-state index contributed by atoms with van der Waals surface area (Å²) in [5.41, 5.74) is 6.35. The van der Waals surface area contributed by atoms with E-state index in [-0.39, 0.29) is 5.97 Å². The molecule has 0 saturated heterocycles. The van der Waals surface area contributed by atoms with E-state index in [9.17, 15) is 4.79 Å². The molecule has 0 unspecified atom stereocenters. The lowest BCUT2D eigenvalue weighted by atomic mass is 10.2. The van der Waals surface area contributed by atoms with Crippen LogP contribution in [-0.4, -0.2) is 26.3 Å². The Kier molecular flexibility index (Phi) is 7.32. The Morgan fingerprint density at radius 2 is 2.05 bits per heavy atom. The van der Waals surface area contributed by atoms with Crippen molar-refractivity contribution in [2.75, 3.05) is 26.1 Å². The lowest BCUT2D eigenvalue weighted by Gasteiger charge is -2.09. The van der Waals surface area contributed by atoms with Gasteiger partial charge in [-0.3, -0.25) is 4.79 Å². The van der Waals surface area contributed by atoms with Gasteiger partial charge in [0.25, 0.3) is 0 Å². The third-order valence-electron chi connectivity index (χ3n) is 2.80.